The van der Waals surface area contributed by atoms with Crippen molar-refractivity contribution in [1.29, 1.82) is 0 Å². The van der Waals surface area contributed by atoms with E-state index in [1.807, 2.05) is 12.1 Å². The van der Waals surface area contributed by atoms with E-state index >= 15 is 0 Å². The van der Waals surface area contributed by atoms with E-state index in [0.29, 0.717) is 12.2 Å². The first-order valence-corrected chi connectivity index (χ1v) is 6.42. The van der Waals surface area contributed by atoms with Gasteiger partial charge in [0, 0.05) is 18.3 Å². The van der Waals surface area contributed by atoms with E-state index in [0.717, 1.165) is 18.4 Å². The SMILES string of the molecule is Nc1cccc(CC(=O)N(CCC(=O)O)C2CC2)c1. The Morgan fingerprint density at radius 3 is 2.68 bits per heavy atom. The molecule has 1 amide bonds. The van der Waals surface area contributed by atoms with Gasteiger partial charge in [0.2, 0.25) is 5.91 Å². The molecule has 102 valence electrons. The molecule has 5 nitrogen and oxygen atoms in total. The van der Waals surface area contributed by atoms with Gasteiger partial charge >= 0.3 is 5.97 Å². The Hall–Kier alpha value is -2.04. The van der Waals surface area contributed by atoms with Crippen LogP contribution in [0.5, 0.6) is 0 Å². The quantitative estimate of drug-likeness (QED) is 0.756. The zero-order valence-corrected chi connectivity index (χ0v) is 10.7. The maximum atomic E-state index is 12.2. The number of aliphatic carboxylic acids is 1. The van der Waals surface area contributed by atoms with Crippen molar-refractivity contribution in [1.82, 2.24) is 4.90 Å². The van der Waals surface area contributed by atoms with Crippen molar-refractivity contribution in [3.63, 3.8) is 0 Å². The predicted octanol–water partition coefficient (Wildman–Crippen LogP) is 1.28. The third-order valence-corrected chi connectivity index (χ3v) is 3.18. The number of nitrogens with two attached hydrogens (primary N) is 1. The summed E-state index contributed by atoms with van der Waals surface area (Å²) in [5.74, 6) is -0.892. The van der Waals surface area contributed by atoms with E-state index in [-0.39, 0.29) is 24.8 Å². The number of anilines is 1. The molecule has 0 unspecified atom stereocenters. The highest BCUT2D eigenvalue weighted by atomic mass is 16.4. The molecule has 19 heavy (non-hydrogen) atoms. The van der Waals surface area contributed by atoms with Crippen LogP contribution in [0.15, 0.2) is 24.3 Å². The molecule has 0 heterocycles. The maximum absolute atomic E-state index is 12.2. The number of hydrogen-bond donors (Lipinski definition) is 2. The molecule has 0 radical (unpaired) electrons. The minimum Gasteiger partial charge on any atom is -0.481 e. The highest BCUT2D eigenvalue weighted by Gasteiger charge is 2.32. The Morgan fingerprint density at radius 1 is 1.37 bits per heavy atom. The Labute approximate surface area is 112 Å². The largest absolute Gasteiger partial charge is 0.481 e. The fourth-order valence-corrected chi connectivity index (χ4v) is 2.09. The smallest absolute Gasteiger partial charge is 0.305 e. The maximum Gasteiger partial charge on any atom is 0.305 e. The lowest BCUT2D eigenvalue weighted by Gasteiger charge is -2.21. The second-order valence-corrected chi connectivity index (χ2v) is 4.88. The number of hydrogen-bond acceptors (Lipinski definition) is 3. The molecule has 1 aliphatic rings. The van der Waals surface area contributed by atoms with Crippen LogP contribution in [0.2, 0.25) is 0 Å². The summed E-state index contributed by atoms with van der Waals surface area (Å²) < 4.78 is 0. The Morgan fingerprint density at radius 2 is 2.11 bits per heavy atom. The molecule has 0 spiro atoms. The van der Waals surface area contributed by atoms with Gasteiger partial charge in [0.25, 0.3) is 0 Å². The number of benzene rings is 1. The number of carboxylic acid groups (broad SMARTS) is 1. The van der Waals surface area contributed by atoms with E-state index in [2.05, 4.69) is 0 Å². The molecular weight excluding hydrogens is 244 g/mol. The van der Waals surface area contributed by atoms with Crippen LogP contribution in [0.25, 0.3) is 0 Å². The Kier molecular flexibility index (Phi) is 4.04. The summed E-state index contributed by atoms with van der Waals surface area (Å²) in [6.07, 6.45) is 2.23. The lowest BCUT2D eigenvalue weighted by atomic mass is 10.1. The average molecular weight is 262 g/mol. The summed E-state index contributed by atoms with van der Waals surface area (Å²) in [5.41, 5.74) is 7.18. The Balaban J connectivity index is 1.97. The van der Waals surface area contributed by atoms with Crippen molar-refractivity contribution in [2.24, 2.45) is 0 Å². The van der Waals surface area contributed by atoms with Gasteiger partial charge in [-0.05, 0) is 30.5 Å². The predicted molar refractivity (Wildman–Crippen MR) is 71.5 cm³/mol. The first-order chi connectivity index (χ1) is 9.06. The number of nitrogens with zero attached hydrogens (tertiary/aromatic N) is 1. The number of carbonyl (C=O) groups is 2. The fraction of sp³-hybridized carbons (Fsp3) is 0.429. The van der Waals surface area contributed by atoms with Crippen molar-refractivity contribution >= 4 is 17.6 Å². The highest BCUT2D eigenvalue weighted by Crippen LogP contribution is 2.27. The zero-order chi connectivity index (χ0) is 13.8. The standard InChI is InChI=1S/C14H18N2O3/c15-11-3-1-2-10(8-11)9-13(17)16(12-4-5-12)7-6-14(18)19/h1-3,8,12H,4-7,9,15H2,(H,18,19). The van der Waals surface area contributed by atoms with Gasteiger partial charge in [-0.15, -0.1) is 0 Å². The molecule has 2 rings (SSSR count). The van der Waals surface area contributed by atoms with Crippen LogP contribution in [-0.4, -0.2) is 34.5 Å². The minimum absolute atomic E-state index is 0.000825. The topological polar surface area (TPSA) is 83.6 Å². The number of carbonyl (C=O) groups excluding carboxylic acids is 1. The molecule has 1 saturated carbocycles. The number of nitrogen functional groups attached to an aromatic ring is 1. The van der Waals surface area contributed by atoms with Gasteiger partial charge in [-0.25, -0.2) is 0 Å². The van der Waals surface area contributed by atoms with Gasteiger partial charge in [-0.3, -0.25) is 9.59 Å². The second-order valence-electron chi connectivity index (χ2n) is 4.88. The molecule has 1 aliphatic carbocycles. The molecule has 1 aromatic rings. The van der Waals surface area contributed by atoms with Crippen LogP contribution < -0.4 is 5.73 Å². The molecule has 0 saturated heterocycles. The highest BCUT2D eigenvalue weighted by molar-refractivity contribution is 5.80. The van der Waals surface area contributed by atoms with Gasteiger partial charge in [0.05, 0.1) is 12.8 Å². The van der Waals surface area contributed by atoms with Gasteiger partial charge in [0.15, 0.2) is 0 Å². The molecule has 0 atom stereocenters. The summed E-state index contributed by atoms with van der Waals surface area (Å²) in [6.45, 7) is 0.293. The molecule has 5 heteroatoms. The van der Waals surface area contributed by atoms with Gasteiger partial charge in [0.1, 0.15) is 0 Å². The van der Waals surface area contributed by atoms with E-state index in [1.54, 1.807) is 17.0 Å². The molecule has 0 bridgehead atoms. The average Bonchev–Trinajstić information content (AvgIpc) is 3.13. The number of amides is 1. The van der Waals surface area contributed by atoms with E-state index in [4.69, 9.17) is 10.8 Å². The third kappa shape index (κ3) is 3.98. The summed E-state index contributed by atoms with van der Waals surface area (Å²) >= 11 is 0. The summed E-state index contributed by atoms with van der Waals surface area (Å²) in [4.78, 5) is 24.5. The van der Waals surface area contributed by atoms with E-state index < -0.39 is 5.97 Å². The fourth-order valence-electron chi connectivity index (χ4n) is 2.09. The van der Waals surface area contributed by atoms with Crippen molar-refractivity contribution in [2.75, 3.05) is 12.3 Å². The molecule has 0 aromatic heterocycles. The van der Waals surface area contributed by atoms with Crippen LogP contribution in [0.3, 0.4) is 0 Å². The summed E-state index contributed by atoms with van der Waals surface area (Å²) in [7, 11) is 0. The van der Waals surface area contributed by atoms with Crippen LogP contribution >= 0.6 is 0 Å². The molecule has 1 aromatic carbocycles. The summed E-state index contributed by atoms with van der Waals surface area (Å²) in [5, 5.41) is 8.72. The van der Waals surface area contributed by atoms with Crippen LogP contribution in [-0.2, 0) is 16.0 Å². The number of carboxylic acids is 1. The first-order valence-electron chi connectivity index (χ1n) is 6.42. The van der Waals surface area contributed by atoms with Crippen molar-refractivity contribution in [3.05, 3.63) is 29.8 Å². The zero-order valence-electron chi connectivity index (χ0n) is 10.7. The minimum atomic E-state index is -0.873. The van der Waals surface area contributed by atoms with Crippen molar-refractivity contribution in [3.8, 4) is 0 Å². The molecule has 1 fully saturated rings. The monoisotopic (exact) mass is 262 g/mol. The molecule has 3 N–H and O–H groups in total. The van der Waals surface area contributed by atoms with Crippen molar-refractivity contribution < 1.29 is 14.7 Å². The lowest BCUT2D eigenvalue weighted by Crippen LogP contribution is -2.36. The van der Waals surface area contributed by atoms with Gasteiger partial charge in [-0.2, -0.15) is 0 Å². The van der Waals surface area contributed by atoms with E-state index in [1.165, 1.54) is 0 Å². The lowest BCUT2D eigenvalue weighted by molar-refractivity contribution is -0.138. The van der Waals surface area contributed by atoms with Crippen LogP contribution in [0.4, 0.5) is 5.69 Å². The Bertz CT molecular complexity index is 483. The third-order valence-electron chi connectivity index (χ3n) is 3.18. The van der Waals surface area contributed by atoms with Gasteiger partial charge < -0.3 is 15.7 Å². The van der Waals surface area contributed by atoms with Crippen LogP contribution in [0, 0.1) is 0 Å². The van der Waals surface area contributed by atoms with E-state index in [9.17, 15) is 9.59 Å². The molecule has 0 aliphatic heterocycles. The first kappa shape index (κ1) is 13.4. The number of rotatable bonds is 6. The van der Waals surface area contributed by atoms with Gasteiger partial charge in [-0.1, -0.05) is 12.1 Å². The second kappa shape index (κ2) is 5.73. The van der Waals surface area contributed by atoms with Crippen molar-refractivity contribution in [2.45, 2.75) is 31.7 Å². The summed E-state index contributed by atoms with van der Waals surface area (Å²) in [6, 6.07) is 7.46. The van der Waals surface area contributed by atoms with Crippen LogP contribution in [0.1, 0.15) is 24.8 Å². The normalized spacial score (nSPS) is 14.1. The molecular formula is C14H18N2O3.